The van der Waals surface area contributed by atoms with Crippen LogP contribution in [0.1, 0.15) is 30.3 Å². The molecule has 7 heteroatoms. The summed E-state index contributed by atoms with van der Waals surface area (Å²) >= 11 is 3.17. The van der Waals surface area contributed by atoms with Crippen LogP contribution in [0.5, 0.6) is 0 Å². The van der Waals surface area contributed by atoms with Crippen LogP contribution in [0.15, 0.2) is 39.1 Å². The number of unbranched alkanes of at least 4 members (excludes halogenated alkanes) is 1. The van der Waals surface area contributed by atoms with Gasteiger partial charge in [-0.05, 0) is 18.6 Å². The molecular formula is C16H17N3O2S2. The summed E-state index contributed by atoms with van der Waals surface area (Å²) < 4.78 is 6.49. The zero-order valence-electron chi connectivity index (χ0n) is 12.7. The molecule has 0 unspecified atom stereocenters. The van der Waals surface area contributed by atoms with Crippen LogP contribution in [0, 0.1) is 0 Å². The van der Waals surface area contributed by atoms with E-state index >= 15 is 0 Å². The van der Waals surface area contributed by atoms with E-state index in [1.165, 1.54) is 17.8 Å². The molecule has 1 aromatic carbocycles. The van der Waals surface area contributed by atoms with Crippen molar-refractivity contribution in [2.45, 2.75) is 24.1 Å². The number of para-hydroxylation sites is 1. The summed E-state index contributed by atoms with van der Waals surface area (Å²) in [5, 5.41) is 12.8. The molecule has 0 fully saturated rings. The van der Waals surface area contributed by atoms with Gasteiger partial charge in [-0.3, -0.25) is 4.79 Å². The standard InChI is InChI=1S/C16H17N3O2S2/c1-2-3-8-22-16-19-18-15(23-16)17-10-12(20)14-9-11-6-4-5-7-13(11)21-14/h4-7,9H,2-3,8,10H2,1H3,(H,17,18). The number of furan rings is 1. The number of hydrogen-bond acceptors (Lipinski definition) is 7. The van der Waals surface area contributed by atoms with Crippen LogP contribution in [0.2, 0.25) is 0 Å². The number of carbonyl (C=O) groups is 1. The highest BCUT2D eigenvalue weighted by Crippen LogP contribution is 2.26. The molecule has 120 valence electrons. The van der Waals surface area contributed by atoms with E-state index in [1.54, 1.807) is 17.8 Å². The molecule has 5 nitrogen and oxygen atoms in total. The molecular weight excluding hydrogens is 330 g/mol. The second kappa shape index (κ2) is 7.61. The first-order valence-corrected chi connectivity index (χ1v) is 9.28. The number of nitrogens with one attached hydrogen (secondary N) is 1. The predicted molar refractivity (Wildman–Crippen MR) is 94.6 cm³/mol. The van der Waals surface area contributed by atoms with Crippen molar-refractivity contribution in [3.05, 3.63) is 36.1 Å². The maximum absolute atomic E-state index is 12.2. The highest BCUT2D eigenvalue weighted by Gasteiger charge is 2.13. The van der Waals surface area contributed by atoms with E-state index < -0.39 is 0 Å². The lowest BCUT2D eigenvalue weighted by Gasteiger charge is -1.98. The summed E-state index contributed by atoms with van der Waals surface area (Å²) in [6.45, 7) is 2.31. The number of nitrogens with zero attached hydrogens (tertiary/aromatic N) is 2. The van der Waals surface area contributed by atoms with Crippen LogP contribution >= 0.6 is 23.1 Å². The molecule has 0 aliphatic carbocycles. The van der Waals surface area contributed by atoms with Crippen molar-refractivity contribution < 1.29 is 9.21 Å². The Hall–Kier alpha value is -1.86. The Balaban J connectivity index is 1.56. The second-order valence-corrected chi connectivity index (χ2v) is 7.32. The molecule has 0 amide bonds. The number of aromatic nitrogens is 2. The van der Waals surface area contributed by atoms with Gasteiger partial charge in [0.1, 0.15) is 5.58 Å². The summed E-state index contributed by atoms with van der Waals surface area (Å²) in [4.78, 5) is 12.2. The quantitative estimate of drug-likeness (QED) is 0.368. The zero-order valence-corrected chi connectivity index (χ0v) is 14.4. The van der Waals surface area contributed by atoms with E-state index in [0.29, 0.717) is 10.9 Å². The number of fused-ring (bicyclic) bond motifs is 1. The number of anilines is 1. The number of thioether (sulfide) groups is 1. The number of rotatable bonds is 8. The molecule has 0 aliphatic heterocycles. The average molecular weight is 347 g/mol. The van der Waals surface area contributed by atoms with Crippen LogP contribution in [0.25, 0.3) is 11.0 Å². The first-order chi connectivity index (χ1) is 11.3. The Kier molecular flexibility index (Phi) is 5.30. The fourth-order valence-electron chi connectivity index (χ4n) is 2.01. The molecule has 3 rings (SSSR count). The summed E-state index contributed by atoms with van der Waals surface area (Å²) in [6, 6.07) is 9.35. The fraction of sp³-hybridized carbons (Fsp3) is 0.312. The first-order valence-electron chi connectivity index (χ1n) is 7.48. The minimum atomic E-state index is -0.100. The average Bonchev–Trinajstić information content (AvgIpc) is 3.19. The van der Waals surface area contributed by atoms with Gasteiger partial charge in [0.25, 0.3) is 0 Å². The first kappa shape index (κ1) is 16.0. The highest BCUT2D eigenvalue weighted by atomic mass is 32.2. The maximum Gasteiger partial charge on any atom is 0.217 e. The van der Waals surface area contributed by atoms with Crippen LogP contribution in [-0.2, 0) is 0 Å². The Morgan fingerprint density at radius 2 is 2.22 bits per heavy atom. The van der Waals surface area contributed by atoms with Crippen molar-refractivity contribution in [1.82, 2.24) is 10.2 Å². The molecule has 0 radical (unpaired) electrons. The van der Waals surface area contributed by atoms with Crippen molar-refractivity contribution in [1.29, 1.82) is 0 Å². The van der Waals surface area contributed by atoms with E-state index in [-0.39, 0.29) is 12.3 Å². The van der Waals surface area contributed by atoms with E-state index in [1.807, 2.05) is 24.3 Å². The normalized spacial score (nSPS) is 11.0. The lowest BCUT2D eigenvalue weighted by molar-refractivity contribution is 0.0982. The Labute approximate surface area is 142 Å². The summed E-state index contributed by atoms with van der Waals surface area (Å²) in [7, 11) is 0. The van der Waals surface area contributed by atoms with Gasteiger partial charge in [-0.1, -0.05) is 54.6 Å². The molecule has 0 atom stereocenters. The number of carbonyl (C=O) groups excluding carboxylic acids is 1. The molecule has 2 aromatic heterocycles. The molecule has 23 heavy (non-hydrogen) atoms. The van der Waals surface area contributed by atoms with Crippen LogP contribution in [0.3, 0.4) is 0 Å². The predicted octanol–water partition coefficient (Wildman–Crippen LogP) is 4.47. The van der Waals surface area contributed by atoms with Gasteiger partial charge in [0.15, 0.2) is 10.1 Å². The highest BCUT2D eigenvalue weighted by molar-refractivity contribution is 8.01. The van der Waals surface area contributed by atoms with Crippen molar-refractivity contribution in [2.24, 2.45) is 0 Å². The van der Waals surface area contributed by atoms with E-state index in [4.69, 9.17) is 4.42 Å². The smallest absolute Gasteiger partial charge is 0.217 e. The summed E-state index contributed by atoms with van der Waals surface area (Å²) in [5.41, 5.74) is 0.723. The molecule has 0 saturated carbocycles. The van der Waals surface area contributed by atoms with Crippen LogP contribution < -0.4 is 5.32 Å². The van der Waals surface area contributed by atoms with Gasteiger partial charge in [-0.25, -0.2) is 0 Å². The minimum absolute atomic E-state index is 0.100. The van der Waals surface area contributed by atoms with Gasteiger partial charge in [0.2, 0.25) is 10.9 Å². The Morgan fingerprint density at radius 1 is 1.35 bits per heavy atom. The Morgan fingerprint density at radius 3 is 3.04 bits per heavy atom. The van der Waals surface area contributed by atoms with Gasteiger partial charge in [0, 0.05) is 11.1 Å². The summed E-state index contributed by atoms with van der Waals surface area (Å²) in [6.07, 6.45) is 2.33. The van der Waals surface area contributed by atoms with Crippen molar-refractivity contribution in [3.63, 3.8) is 0 Å². The molecule has 0 spiro atoms. The lowest BCUT2D eigenvalue weighted by Crippen LogP contribution is -2.13. The van der Waals surface area contributed by atoms with Gasteiger partial charge in [-0.15, -0.1) is 10.2 Å². The number of Topliss-reactive ketones (excluding diaryl/α,β-unsaturated/α-hetero) is 1. The number of benzene rings is 1. The molecule has 0 aliphatic rings. The van der Waals surface area contributed by atoms with Gasteiger partial charge in [-0.2, -0.15) is 0 Å². The fourth-order valence-corrected chi connectivity index (χ4v) is 3.91. The Bertz CT molecular complexity index is 764. The molecule has 0 bridgehead atoms. The van der Waals surface area contributed by atoms with E-state index in [0.717, 1.165) is 27.5 Å². The van der Waals surface area contributed by atoms with Crippen LogP contribution in [-0.4, -0.2) is 28.3 Å². The topological polar surface area (TPSA) is 68.0 Å². The van der Waals surface area contributed by atoms with Crippen molar-refractivity contribution in [3.8, 4) is 0 Å². The third kappa shape index (κ3) is 4.11. The van der Waals surface area contributed by atoms with Crippen molar-refractivity contribution in [2.75, 3.05) is 17.6 Å². The molecule has 2 heterocycles. The summed E-state index contributed by atoms with van der Waals surface area (Å²) in [5.74, 6) is 1.31. The number of hydrogen-bond donors (Lipinski definition) is 1. The van der Waals surface area contributed by atoms with Gasteiger partial charge < -0.3 is 9.73 Å². The largest absolute Gasteiger partial charge is 0.453 e. The van der Waals surface area contributed by atoms with Crippen molar-refractivity contribution >= 4 is 45.0 Å². The van der Waals surface area contributed by atoms with Gasteiger partial charge >= 0.3 is 0 Å². The zero-order chi connectivity index (χ0) is 16.1. The SMILES string of the molecule is CCCCSc1nnc(NCC(=O)c2cc3ccccc3o2)s1. The molecule has 0 saturated heterocycles. The number of ketones is 1. The monoisotopic (exact) mass is 347 g/mol. The lowest BCUT2D eigenvalue weighted by atomic mass is 10.2. The minimum Gasteiger partial charge on any atom is -0.453 e. The maximum atomic E-state index is 12.2. The van der Waals surface area contributed by atoms with Gasteiger partial charge in [0.05, 0.1) is 6.54 Å². The van der Waals surface area contributed by atoms with E-state index in [2.05, 4.69) is 22.4 Å². The van der Waals surface area contributed by atoms with E-state index in [9.17, 15) is 4.79 Å². The van der Waals surface area contributed by atoms with Crippen LogP contribution in [0.4, 0.5) is 5.13 Å². The third-order valence-electron chi connectivity index (χ3n) is 3.23. The second-order valence-electron chi connectivity index (χ2n) is 5.00. The molecule has 1 N–H and O–H groups in total. The molecule has 3 aromatic rings. The third-order valence-corrected chi connectivity index (χ3v) is 5.33.